The lowest BCUT2D eigenvalue weighted by molar-refractivity contribution is -0.146. The number of rotatable bonds is 6. The number of hydrogen-bond donors (Lipinski definition) is 2. The lowest BCUT2D eigenvalue weighted by Crippen LogP contribution is -2.12. The van der Waals surface area contributed by atoms with E-state index in [4.69, 9.17) is 5.11 Å². The maximum Gasteiger partial charge on any atom is 0.337 e. The molecule has 0 spiro atoms. The van der Waals surface area contributed by atoms with Crippen LogP contribution in [0.3, 0.4) is 0 Å². The van der Waals surface area contributed by atoms with Crippen molar-refractivity contribution >= 4 is 27.7 Å². The second-order valence-corrected chi connectivity index (χ2v) is 4.67. The highest BCUT2D eigenvalue weighted by atomic mass is 79.9. The first kappa shape index (κ1) is 14.9. The third kappa shape index (κ3) is 3.40. The summed E-state index contributed by atoms with van der Waals surface area (Å²) in [7, 11) is 0. The Morgan fingerprint density at radius 1 is 1.39 bits per heavy atom. The lowest BCUT2D eigenvalue weighted by atomic mass is 9.96. The van der Waals surface area contributed by atoms with Crippen LogP contribution in [0.25, 0.3) is 0 Å². The Morgan fingerprint density at radius 3 is 2.56 bits per heavy atom. The van der Waals surface area contributed by atoms with Gasteiger partial charge in [-0.1, -0.05) is 41.1 Å². The first-order valence-corrected chi connectivity index (χ1v) is 6.76. The van der Waals surface area contributed by atoms with Crippen LogP contribution in [0, 0.1) is 0 Å². The van der Waals surface area contributed by atoms with E-state index in [0.29, 0.717) is 29.3 Å². The van der Waals surface area contributed by atoms with Crippen LogP contribution in [0.5, 0.6) is 0 Å². The highest BCUT2D eigenvalue weighted by Gasteiger charge is 2.18. The topological polar surface area (TPSA) is 74.6 Å². The van der Waals surface area contributed by atoms with Gasteiger partial charge < -0.3 is 10.2 Å². The number of hydrogen-bond acceptors (Lipinski definition) is 3. The number of benzene rings is 1. The maximum absolute atomic E-state index is 11.8. The van der Waals surface area contributed by atoms with E-state index in [9.17, 15) is 14.7 Å². The molecule has 2 N–H and O–H groups in total. The van der Waals surface area contributed by atoms with Crippen molar-refractivity contribution in [2.75, 3.05) is 5.33 Å². The fourth-order valence-corrected chi connectivity index (χ4v) is 2.07. The molecule has 0 aromatic heterocycles. The molecule has 4 nitrogen and oxygen atoms in total. The molecule has 0 aliphatic rings. The van der Waals surface area contributed by atoms with Gasteiger partial charge in [0.05, 0.1) is 0 Å². The normalized spacial score (nSPS) is 12.2. The van der Waals surface area contributed by atoms with E-state index in [-0.39, 0.29) is 5.78 Å². The summed E-state index contributed by atoms with van der Waals surface area (Å²) in [6.07, 6.45) is -0.534. The van der Waals surface area contributed by atoms with Crippen LogP contribution in [0.4, 0.5) is 0 Å². The van der Waals surface area contributed by atoms with Gasteiger partial charge in [0.25, 0.3) is 0 Å². The molecule has 0 aliphatic heterocycles. The summed E-state index contributed by atoms with van der Waals surface area (Å²) in [6, 6.07) is 4.66. The van der Waals surface area contributed by atoms with Crippen LogP contribution in [-0.2, 0) is 11.2 Å². The van der Waals surface area contributed by atoms with Crippen molar-refractivity contribution in [1.82, 2.24) is 0 Å². The minimum Gasteiger partial charge on any atom is -0.479 e. The van der Waals surface area contributed by atoms with E-state index in [1.165, 1.54) is 6.07 Å². The number of aryl methyl sites for hydroxylation is 1. The number of ketones is 1. The number of carbonyl (C=O) groups is 2. The molecular weight excluding hydrogens is 300 g/mol. The van der Waals surface area contributed by atoms with Gasteiger partial charge in [-0.25, -0.2) is 4.79 Å². The van der Waals surface area contributed by atoms with Crippen molar-refractivity contribution in [2.45, 2.75) is 25.9 Å². The van der Waals surface area contributed by atoms with Crippen molar-refractivity contribution in [2.24, 2.45) is 0 Å². The van der Waals surface area contributed by atoms with Crippen LogP contribution in [-0.4, -0.2) is 27.3 Å². The van der Waals surface area contributed by atoms with Crippen LogP contribution in [0.15, 0.2) is 18.2 Å². The number of Topliss-reactive ketones (excluding diaryl/α,β-unsaturated/α-hetero) is 1. The zero-order valence-electron chi connectivity index (χ0n) is 10.0. The number of carboxylic acid groups (broad SMARTS) is 1. The molecule has 0 bridgehead atoms. The largest absolute Gasteiger partial charge is 0.479 e. The van der Waals surface area contributed by atoms with Crippen molar-refractivity contribution < 1.29 is 19.8 Å². The number of halogens is 1. The van der Waals surface area contributed by atoms with Crippen LogP contribution < -0.4 is 0 Å². The molecular formula is C13H15BrO4. The molecule has 0 fully saturated rings. The fourth-order valence-electron chi connectivity index (χ4n) is 1.71. The molecule has 18 heavy (non-hydrogen) atoms. The van der Waals surface area contributed by atoms with Gasteiger partial charge in [0.15, 0.2) is 11.9 Å². The SMILES string of the molecule is CCc1cc(C(O)C(=O)O)ccc1C(=O)CCBr. The number of carboxylic acids is 1. The van der Waals surface area contributed by atoms with E-state index >= 15 is 0 Å². The summed E-state index contributed by atoms with van der Waals surface area (Å²) in [6.45, 7) is 1.89. The molecule has 1 rings (SSSR count). The van der Waals surface area contributed by atoms with Crippen molar-refractivity contribution in [1.29, 1.82) is 0 Å². The number of alkyl halides is 1. The number of aliphatic hydroxyl groups is 1. The summed E-state index contributed by atoms with van der Waals surface area (Å²) in [5, 5.41) is 18.8. The Kier molecular flexibility index (Phi) is 5.50. The van der Waals surface area contributed by atoms with Crippen LogP contribution in [0.2, 0.25) is 0 Å². The molecule has 98 valence electrons. The molecule has 0 amide bonds. The maximum atomic E-state index is 11.8. The summed E-state index contributed by atoms with van der Waals surface area (Å²) in [5.41, 5.74) is 1.66. The fraction of sp³-hybridized carbons (Fsp3) is 0.385. The quantitative estimate of drug-likeness (QED) is 0.624. The first-order chi connectivity index (χ1) is 8.51. The third-order valence-electron chi connectivity index (χ3n) is 2.68. The Labute approximate surface area is 114 Å². The summed E-state index contributed by atoms with van der Waals surface area (Å²) < 4.78 is 0. The summed E-state index contributed by atoms with van der Waals surface area (Å²) in [4.78, 5) is 22.5. The van der Waals surface area contributed by atoms with E-state index in [2.05, 4.69) is 15.9 Å². The Hall–Kier alpha value is -1.20. The number of aliphatic hydroxyl groups excluding tert-OH is 1. The van der Waals surface area contributed by atoms with Gasteiger partial charge in [0.2, 0.25) is 0 Å². The van der Waals surface area contributed by atoms with Crippen molar-refractivity contribution in [3.05, 3.63) is 34.9 Å². The molecule has 0 heterocycles. The predicted octanol–water partition coefficient (Wildman–Crippen LogP) is 2.33. The third-order valence-corrected chi connectivity index (χ3v) is 3.08. The minimum atomic E-state index is -1.55. The van der Waals surface area contributed by atoms with Gasteiger partial charge in [0, 0.05) is 17.3 Å². The number of carbonyl (C=O) groups excluding carboxylic acids is 1. The van der Waals surface area contributed by atoms with Gasteiger partial charge in [-0.15, -0.1) is 0 Å². The summed E-state index contributed by atoms with van der Waals surface area (Å²) >= 11 is 3.21. The zero-order valence-corrected chi connectivity index (χ0v) is 11.6. The van der Waals surface area contributed by atoms with Crippen LogP contribution >= 0.6 is 15.9 Å². The molecule has 5 heteroatoms. The van der Waals surface area contributed by atoms with Gasteiger partial charge in [-0.3, -0.25) is 4.79 Å². The van der Waals surface area contributed by atoms with E-state index in [1.807, 2.05) is 6.92 Å². The van der Waals surface area contributed by atoms with Crippen molar-refractivity contribution in [3.63, 3.8) is 0 Å². The molecule has 0 aliphatic carbocycles. The van der Waals surface area contributed by atoms with Gasteiger partial charge in [0.1, 0.15) is 0 Å². The predicted molar refractivity (Wildman–Crippen MR) is 71.2 cm³/mol. The first-order valence-electron chi connectivity index (χ1n) is 5.64. The Bertz CT molecular complexity index is 456. The van der Waals surface area contributed by atoms with E-state index in [1.54, 1.807) is 12.1 Å². The molecule has 0 saturated carbocycles. The second-order valence-electron chi connectivity index (χ2n) is 3.87. The standard InChI is InChI=1S/C13H15BrO4/c1-2-8-7-9(12(16)13(17)18)3-4-10(8)11(15)5-6-14/h3-4,7,12,16H,2,5-6H2,1H3,(H,17,18). The smallest absolute Gasteiger partial charge is 0.337 e. The highest BCUT2D eigenvalue weighted by Crippen LogP contribution is 2.20. The molecule has 0 saturated heterocycles. The zero-order chi connectivity index (χ0) is 13.7. The highest BCUT2D eigenvalue weighted by molar-refractivity contribution is 9.09. The average molecular weight is 315 g/mol. The van der Waals surface area contributed by atoms with Gasteiger partial charge in [-0.05, 0) is 17.5 Å². The van der Waals surface area contributed by atoms with E-state index in [0.717, 1.165) is 5.56 Å². The average Bonchev–Trinajstić information content (AvgIpc) is 2.37. The second kappa shape index (κ2) is 6.66. The van der Waals surface area contributed by atoms with Crippen molar-refractivity contribution in [3.8, 4) is 0 Å². The van der Waals surface area contributed by atoms with Crippen LogP contribution in [0.1, 0.15) is 40.9 Å². The molecule has 1 aromatic carbocycles. The monoisotopic (exact) mass is 314 g/mol. The summed E-state index contributed by atoms with van der Waals surface area (Å²) in [5.74, 6) is -1.28. The molecule has 0 radical (unpaired) electrons. The Morgan fingerprint density at radius 2 is 2.06 bits per heavy atom. The van der Waals surface area contributed by atoms with Gasteiger partial charge in [-0.2, -0.15) is 0 Å². The minimum absolute atomic E-state index is 0.0140. The molecule has 1 aromatic rings. The molecule has 1 unspecified atom stereocenters. The number of aliphatic carboxylic acids is 1. The lowest BCUT2D eigenvalue weighted by Gasteiger charge is -2.11. The van der Waals surface area contributed by atoms with E-state index < -0.39 is 12.1 Å². The Balaban J connectivity index is 3.11. The van der Waals surface area contributed by atoms with Gasteiger partial charge >= 0.3 is 5.97 Å². The molecule has 1 atom stereocenters.